The lowest BCUT2D eigenvalue weighted by Crippen LogP contribution is -2.40. The molecule has 1 aliphatic rings. The molecule has 0 amide bonds. The summed E-state index contributed by atoms with van der Waals surface area (Å²) in [7, 11) is 1.54. The van der Waals surface area contributed by atoms with Gasteiger partial charge in [-0.15, -0.1) is 0 Å². The summed E-state index contributed by atoms with van der Waals surface area (Å²) in [6.45, 7) is 2.11. The van der Waals surface area contributed by atoms with Gasteiger partial charge in [-0.2, -0.15) is 0 Å². The van der Waals surface area contributed by atoms with Crippen LogP contribution < -0.4 is 15.4 Å². The lowest BCUT2D eigenvalue weighted by atomic mass is 10.1. The molecule has 1 heterocycles. The van der Waals surface area contributed by atoms with Gasteiger partial charge in [0.15, 0.2) is 5.96 Å². The Morgan fingerprint density at radius 2 is 2.42 bits per heavy atom. The number of ether oxygens (including phenoxy) is 1. The number of aliphatic imine (C=N–C) groups is 1. The first kappa shape index (κ1) is 13.1. The van der Waals surface area contributed by atoms with E-state index in [9.17, 15) is 10.1 Å². The summed E-state index contributed by atoms with van der Waals surface area (Å²) in [5.41, 5.74) is 0.780. The van der Waals surface area contributed by atoms with Gasteiger partial charge in [0.05, 0.1) is 12.0 Å². The van der Waals surface area contributed by atoms with Crippen molar-refractivity contribution in [3.05, 3.63) is 33.9 Å². The number of hydrogen-bond acceptors (Lipinski definition) is 6. The standard InChI is InChI=1S/C12H16N4O3/c1-19-11-4-3-10(16(17)18)7-9(11)8-15-12-13-5-2-6-14-12/h3-4,7H,2,5-6,8H2,1H3,(H2,13,14,15). The highest BCUT2D eigenvalue weighted by molar-refractivity contribution is 5.80. The van der Waals surface area contributed by atoms with Crippen molar-refractivity contribution in [2.75, 3.05) is 20.2 Å². The van der Waals surface area contributed by atoms with Crippen LogP contribution in [0.25, 0.3) is 0 Å². The van der Waals surface area contributed by atoms with Crippen LogP contribution in [-0.2, 0) is 6.54 Å². The molecule has 102 valence electrons. The molecule has 0 aliphatic carbocycles. The number of guanidine groups is 1. The minimum absolute atomic E-state index is 0.0520. The van der Waals surface area contributed by atoms with Crippen LogP contribution >= 0.6 is 0 Å². The maximum atomic E-state index is 10.8. The van der Waals surface area contributed by atoms with E-state index in [0.717, 1.165) is 31.0 Å². The highest BCUT2D eigenvalue weighted by Gasteiger charge is 2.12. The Morgan fingerprint density at radius 3 is 3.05 bits per heavy atom. The molecule has 0 fully saturated rings. The molecule has 1 aliphatic heterocycles. The van der Waals surface area contributed by atoms with Crippen molar-refractivity contribution < 1.29 is 9.66 Å². The second-order valence-corrected chi connectivity index (χ2v) is 4.12. The number of rotatable bonds is 4. The topological polar surface area (TPSA) is 88.8 Å². The van der Waals surface area contributed by atoms with Crippen LogP contribution in [0.15, 0.2) is 23.2 Å². The van der Waals surface area contributed by atoms with Gasteiger partial charge < -0.3 is 15.4 Å². The minimum Gasteiger partial charge on any atom is -0.496 e. The van der Waals surface area contributed by atoms with Crippen LogP contribution in [0, 0.1) is 10.1 Å². The number of nitro groups is 1. The fraction of sp³-hybridized carbons (Fsp3) is 0.417. The van der Waals surface area contributed by atoms with E-state index in [1.54, 1.807) is 13.2 Å². The summed E-state index contributed by atoms with van der Waals surface area (Å²) >= 11 is 0. The number of nitrogens with one attached hydrogen (secondary N) is 2. The molecule has 0 aromatic heterocycles. The molecule has 2 N–H and O–H groups in total. The largest absolute Gasteiger partial charge is 0.496 e. The number of non-ortho nitro benzene ring substituents is 1. The molecule has 7 heteroatoms. The minimum atomic E-state index is -0.417. The lowest BCUT2D eigenvalue weighted by Gasteiger charge is -2.16. The van der Waals surface area contributed by atoms with Crippen LogP contribution in [0.1, 0.15) is 12.0 Å². The number of nitro benzene ring substituents is 1. The molecule has 1 aromatic rings. The highest BCUT2D eigenvalue weighted by atomic mass is 16.6. The number of benzene rings is 1. The van der Waals surface area contributed by atoms with Crippen LogP contribution in [0.3, 0.4) is 0 Å². The van der Waals surface area contributed by atoms with Gasteiger partial charge in [0, 0.05) is 37.3 Å². The Labute approximate surface area is 110 Å². The van der Waals surface area contributed by atoms with E-state index in [1.807, 2.05) is 0 Å². The molecule has 0 spiro atoms. The third-order valence-electron chi connectivity index (χ3n) is 2.82. The van der Waals surface area contributed by atoms with E-state index < -0.39 is 4.92 Å². The van der Waals surface area contributed by atoms with Crippen molar-refractivity contribution >= 4 is 11.6 Å². The predicted molar refractivity (Wildman–Crippen MR) is 71.4 cm³/mol. The molecular formula is C12H16N4O3. The van der Waals surface area contributed by atoms with Gasteiger partial charge in [0.1, 0.15) is 5.75 Å². The normalized spacial score (nSPS) is 14.3. The first-order chi connectivity index (χ1) is 9.20. The Morgan fingerprint density at radius 1 is 1.58 bits per heavy atom. The Balaban J connectivity index is 2.10. The molecule has 2 rings (SSSR count). The Bertz CT molecular complexity index is 502. The molecule has 1 aromatic carbocycles. The van der Waals surface area contributed by atoms with Crippen LogP contribution in [0.4, 0.5) is 5.69 Å². The molecule has 19 heavy (non-hydrogen) atoms. The average Bonchev–Trinajstić information content (AvgIpc) is 2.45. The van der Waals surface area contributed by atoms with Gasteiger partial charge in [-0.1, -0.05) is 0 Å². The second-order valence-electron chi connectivity index (χ2n) is 4.12. The molecule has 0 saturated carbocycles. The molecule has 0 atom stereocenters. The quantitative estimate of drug-likeness (QED) is 0.626. The monoisotopic (exact) mass is 264 g/mol. The van der Waals surface area contributed by atoms with Gasteiger partial charge in [0.25, 0.3) is 5.69 Å². The lowest BCUT2D eigenvalue weighted by molar-refractivity contribution is -0.384. The number of nitrogens with zero attached hydrogens (tertiary/aromatic N) is 2. The van der Waals surface area contributed by atoms with Crippen molar-refractivity contribution in [1.82, 2.24) is 10.6 Å². The zero-order chi connectivity index (χ0) is 13.7. The fourth-order valence-electron chi connectivity index (χ4n) is 1.85. The van der Waals surface area contributed by atoms with Gasteiger partial charge >= 0.3 is 0 Å². The Hall–Kier alpha value is -2.31. The van der Waals surface area contributed by atoms with E-state index in [1.165, 1.54) is 12.1 Å². The van der Waals surface area contributed by atoms with Crippen molar-refractivity contribution in [2.45, 2.75) is 13.0 Å². The summed E-state index contributed by atoms with van der Waals surface area (Å²) < 4.78 is 5.20. The van der Waals surface area contributed by atoms with E-state index >= 15 is 0 Å². The van der Waals surface area contributed by atoms with Crippen LogP contribution in [0.2, 0.25) is 0 Å². The van der Waals surface area contributed by atoms with Crippen molar-refractivity contribution in [1.29, 1.82) is 0 Å². The molecule has 0 saturated heterocycles. The van der Waals surface area contributed by atoms with Gasteiger partial charge in [0.2, 0.25) is 0 Å². The summed E-state index contributed by atoms with van der Waals surface area (Å²) in [5, 5.41) is 17.0. The zero-order valence-corrected chi connectivity index (χ0v) is 10.7. The Kier molecular flexibility index (Phi) is 4.17. The van der Waals surface area contributed by atoms with E-state index in [0.29, 0.717) is 12.3 Å². The number of methoxy groups -OCH3 is 1. The van der Waals surface area contributed by atoms with E-state index in [2.05, 4.69) is 15.6 Å². The fourth-order valence-corrected chi connectivity index (χ4v) is 1.85. The summed E-state index contributed by atoms with van der Waals surface area (Å²) in [4.78, 5) is 14.6. The van der Waals surface area contributed by atoms with E-state index in [-0.39, 0.29) is 5.69 Å². The first-order valence-corrected chi connectivity index (χ1v) is 6.04. The average molecular weight is 264 g/mol. The molecule has 0 radical (unpaired) electrons. The van der Waals surface area contributed by atoms with Crippen molar-refractivity contribution in [2.24, 2.45) is 4.99 Å². The predicted octanol–water partition coefficient (Wildman–Crippen LogP) is 1.04. The smallest absolute Gasteiger partial charge is 0.270 e. The van der Waals surface area contributed by atoms with Crippen LogP contribution in [0.5, 0.6) is 5.75 Å². The van der Waals surface area contributed by atoms with Gasteiger partial charge in [-0.3, -0.25) is 15.1 Å². The highest BCUT2D eigenvalue weighted by Crippen LogP contribution is 2.23. The summed E-state index contributed by atoms with van der Waals surface area (Å²) in [6, 6.07) is 4.54. The third-order valence-corrected chi connectivity index (χ3v) is 2.82. The molecule has 0 bridgehead atoms. The summed E-state index contributed by atoms with van der Waals surface area (Å²) in [6.07, 6.45) is 1.02. The van der Waals surface area contributed by atoms with Gasteiger partial charge in [-0.05, 0) is 12.5 Å². The first-order valence-electron chi connectivity index (χ1n) is 6.04. The third kappa shape index (κ3) is 3.34. The SMILES string of the molecule is COc1ccc([N+](=O)[O-])cc1CNC1=NCCCN1. The van der Waals surface area contributed by atoms with Crippen molar-refractivity contribution in [3.8, 4) is 5.75 Å². The summed E-state index contributed by atoms with van der Waals surface area (Å²) in [5.74, 6) is 1.34. The zero-order valence-electron chi connectivity index (χ0n) is 10.7. The maximum absolute atomic E-state index is 10.8. The number of hydrogen-bond donors (Lipinski definition) is 2. The molecule has 7 nitrogen and oxygen atoms in total. The molecule has 0 unspecified atom stereocenters. The van der Waals surface area contributed by atoms with Gasteiger partial charge in [-0.25, -0.2) is 0 Å². The van der Waals surface area contributed by atoms with E-state index in [4.69, 9.17) is 4.74 Å². The second kappa shape index (κ2) is 6.03. The molecular weight excluding hydrogens is 248 g/mol. The van der Waals surface area contributed by atoms with Crippen molar-refractivity contribution in [3.63, 3.8) is 0 Å². The maximum Gasteiger partial charge on any atom is 0.270 e. The van der Waals surface area contributed by atoms with Crippen LogP contribution in [-0.4, -0.2) is 31.1 Å².